The minimum atomic E-state index is -0.361. The second-order valence-corrected chi connectivity index (χ2v) is 6.00. The van der Waals surface area contributed by atoms with Crippen LogP contribution in [0.4, 0.5) is 0 Å². The molecule has 0 aromatic carbocycles. The fourth-order valence-corrected chi connectivity index (χ4v) is 0.828. The third kappa shape index (κ3) is 6.67. The molecule has 0 saturated carbocycles. The zero-order valence-electron chi connectivity index (χ0n) is 10.1. The molecule has 0 heterocycles. The molecular formula is C12H19BrO3. The van der Waals surface area contributed by atoms with E-state index in [9.17, 15) is 4.79 Å². The third-order valence-electron chi connectivity index (χ3n) is 1.81. The second kappa shape index (κ2) is 6.74. The number of alkyl halides is 1. The lowest BCUT2D eigenvalue weighted by Gasteiger charge is -2.20. The minimum absolute atomic E-state index is 0.235. The summed E-state index contributed by atoms with van der Waals surface area (Å²) in [4.78, 5) is 11.0. The van der Waals surface area contributed by atoms with Crippen molar-refractivity contribution in [2.45, 2.75) is 31.5 Å². The lowest BCUT2D eigenvalue weighted by atomic mass is 10.2. The molecule has 0 aliphatic carbocycles. The SMILES string of the molecule is C=C(C)C(=O)OCCCOC(=C)C(C)(C)Br. The maximum Gasteiger partial charge on any atom is 0.333 e. The number of allylic oxidation sites excluding steroid dienone is 1. The largest absolute Gasteiger partial charge is 0.497 e. The lowest BCUT2D eigenvalue weighted by Crippen LogP contribution is -2.16. The summed E-state index contributed by atoms with van der Waals surface area (Å²) in [6.07, 6.45) is 0.640. The number of hydrogen-bond donors (Lipinski definition) is 0. The predicted octanol–water partition coefficient (Wildman–Crippen LogP) is 3.20. The Morgan fingerprint density at radius 2 is 1.75 bits per heavy atom. The fraction of sp³-hybridized carbons (Fsp3) is 0.583. The molecule has 0 radical (unpaired) electrons. The van der Waals surface area contributed by atoms with Crippen LogP contribution in [0.3, 0.4) is 0 Å². The van der Waals surface area contributed by atoms with Gasteiger partial charge in [-0.3, -0.25) is 0 Å². The quantitative estimate of drug-likeness (QED) is 0.237. The van der Waals surface area contributed by atoms with Gasteiger partial charge >= 0.3 is 5.97 Å². The van der Waals surface area contributed by atoms with Gasteiger partial charge in [-0.05, 0) is 20.8 Å². The molecule has 0 atom stereocenters. The number of esters is 1. The van der Waals surface area contributed by atoms with Crippen molar-refractivity contribution >= 4 is 21.9 Å². The Balaban J connectivity index is 3.59. The van der Waals surface area contributed by atoms with Gasteiger partial charge < -0.3 is 9.47 Å². The van der Waals surface area contributed by atoms with Crippen LogP contribution < -0.4 is 0 Å². The van der Waals surface area contributed by atoms with E-state index in [4.69, 9.17) is 9.47 Å². The summed E-state index contributed by atoms with van der Waals surface area (Å²) in [6, 6.07) is 0. The summed E-state index contributed by atoms with van der Waals surface area (Å²) in [5.41, 5.74) is 0.409. The highest BCUT2D eigenvalue weighted by Crippen LogP contribution is 2.25. The van der Waals surface area contributed by atoms with E-state index in [2.05, 4.69) is 29.1 Å². The maximum atomic E-state index is 11.0. The molecule has 0 fully saturated rings. The first-order valence-electron chi connectivity index (χ1n) is 5.09. The van der Waals surface area contributed by atoms with E-state index in [1.54, 1.807) is 6.92 Å². The summed E-state index contributed by atoms with van der Waals surface area (Å²) < 4.78 is 10.1. The van der Waals surface area contributed by atoms with Gasteiger partial charge in [-0.1, -0.05) is 29.1 Å². The molecule has 3 nitrogen and oxygen atoms in total. The molecule has 0 aliphatic heterocycles. The highest BCUT2D eigenvalue weighted by molar-refractivity contribution is 9.10. The van der Waals surface area contributed by atoms with Gasteiger partial charge in [0.1, 0.15) is 5.76 Å². The molecule has 0 aromatic heterocycles. The van der Waals surface area contributed by atoms with Gasteiger partial charge in [-0.25, -0.2) is 4.79 Å². The summed E-state index contributed by atoms with van der Waals surface area (Å²) in [7, 11) is 0. The van der Waals surface area contributed by atoms with Crippen molar-refractivity contribution in [3.05, 3.63) is 24.5 Å². The van der Waals surface area contributed by atoms with Crippen molar-refractivity contribution in [1.29, 1.82) is 0 Å². The van der Waals surface area contributed by atoms with Crippen molar-refractivity contribution in [1.82, 2.24) is 0 Å². The van der Waals surface area contributed by atoms with Gasteiger partial charge in [0.05, 0.1) is 17.5 Å². The van der Waals surface area contributed by atoms with Crippen molar-refractivity contribution < 1.29 is 14.3 Å². The highest BCUT2D eigenvalue weighted by atomic mass is 79.9. The van der Waals surface area contributed by atoms with Crippen LogP contribution in [-0.4, -0.2) is 23.5 Å². The van der Waals surface area contributed by atoms with Crippen molar-refractivity contribution in [3.8, 4) is 0 Å². The normalized spacial score (nSPS) is 10.8. The van der Waals surface area contributed by atoms with E-state index in [1.807, 2.05) is 13.8 Å². The van der Waals surface area contributed by atoms with E-state index in [1.165, 1.54) is 0 Å². The zero-order chi connectivity index (χ0) is 12.8. The van der Waals surface area contributed by atoms with Gasteiger partial charge in [-0.15, -0.1) is 0 Å². The Kier molecular flexibility index (Phi) is 6.41. The predicted molar refractivity (Wildman–Crippen MR) is 68.5 cm³/mol. The van der Waals surface area contributed by atoms with Crippen molar-refractivity contribution in [3.63, 3.8) is 0 Å². The Morgan fingerprint density at radius 1 is 1.25 bits per heavy atom. The van der Waals surface area contributed by atoms with E-state index in [0.29, 0.717) is 31.0 Å². The van der Waals surface area contributed by atoms with Crippen molar-refractivity contribution in [2.75, 3.05) is 13.2 Å². The van der Waals surface area contributed by atoms with Crippen LogP contribution in [0.25, 0.3) is 0 Å². The molecule has 4 heteroatoms. The average molecular weight is 291 g/mol. The maximum absolute atomic E-state index is 11.0. The van der Waals surface area contributed by atoms with E-state index in [-0.39, 0.29) is 10.3 Å². The fourth-order valence-electron chi connectivity index (χ4n) is 0.714. The van der Waals surface area contributed by atoms with Crippen LogP contribution in [0.5, 0.6) is 0 Å². The molecule has 0 unspecified atom stereocenters. The molecule has 0 aromatic rings. The topological polar surface area (TPSA) is 35.5 Å². The minimum Gasteiger partial charge on any atom is -0.497 e. The number of rotatable bonds is 7. The monoisotopic (exact) mass is 290 g/mol. The molecule has 16 heavy (non-hydrogen) atoms. The van der Waals surface area contributed by atoms with Gasteiger partial charge in [0.2, 0.25) is 0 Å². The Bertz CT molecular complexity index is 276. The molecule has 0 amide bonds. The molecule has 0 saturated heterocycles. The highest BCUT2D eigenvalue weighted by Gasteiger charge is 2.18. The molecule has 0 aliphatic rings. The van der Waals surface area contributed by atoms with Crippen LogP contribution in [-0.2, 0) is 14.3 Å². The number of carbonyl (C=O) groups excluding carboxylic acids is 1. The zero-order valence-corrected chi connectivity index (χ0v) is 11.7. The van der Waals surface area contributed by atoms with Crippen LogP contribution in [0, 0.1) is 0 Å². The van der Waals surface area contributed by atoms with Crippen LogP contribution in [0.1, 0.15) is 27.2 Å². The summed E-state index contributed by atoms with van der Waals surface area (Å²) in [5, 5.41) is 0. The molecule has 0 spiro atoms. The number of ether oxygens (including phenoxy) is 2. The van der Waals surface area contributed by atoms with E-state index < -0.39 is 0 Å². The number of halogens is 1. The first-order valence-corrected chi connectivity index (χ1v) is 5.88. The Hall–Kier alpha value is -0.770. The van der Waals surface area contributed by atoms with Gasteiger partial charge in [-0.2, -0.15) is 0 Å². The molecule has 0 N–H and O–H groups in total. The molecule has 0 bridgehead atoms. The summed E-state index contributed by atoms with van der Waals surface area (Å²) in [5.74, 6) is 0.304. The first-order chi connectivity index (χ1) is 7.25. The molecule has 0 rings (SSSR count). The van der Waals surface area contributed by atoms with Gasteiger partial charge in [0.15, 0.2) is 0 Å². The number of carbonyl (C=O) groups is 1. The van der Waals surface area contributed by atoms with Crippen LogP contribution >= 0.6 is 15.9 Å². The second-order valence-electron chi connectivity index (χ2n) is 4.01. The van der Waals surface area contributed by atoms with E-state index >= 15 is 0 Å². The smallest absolute Gasteiger partial charge is 0.333 e. The third-order valence-corrected chi connectivity index (χ3v) is 2.25. The summed E-state index contributed by atoms with van der Waals surface area (Å²) >= 11 is 3.43. The molecule has 92 valence electrons. The van der Waals surface area contributed by atoms with Crippen molar-refractivity contribution in [2.24, 2.45) is 0 Å². The Labute approximate surface area is 106 Å². The van der Waals surface area contributed by atoms with Crippen LogP contribution in [0.15, 0.2) is 24.5 Å². The number of hydrogen-bond acceptors (Lipinski definition) is 3. The van der Waals surface area contributed by atoms with Gasteiger partial charge in [0.25, 0.3) is 0 Å². The summed E-state index contributed by atoms with van der Waals surface area (Å²) in [6.45, 7) is 13.6. The van der Waals surface area contributed by atoms with Gasteiger partial charge in [0, 0.05) is 12.0 Å². The average Bonchev–Trinajstić information content (AvgIpc) is 2.14. The van der Waals surface area contributed by atoms with E-state index in [0.717, 1.165) is 0 Å². The standard InChI is InChI=1S/C12H19BrO3/c1-9(2)11(14)16-8-6-7-15-10(3)12(4,5)13/h1,3,6-8H2,2,4-5H3. The van der Waals surface area contributed by atoms with Crippen LogP contribution in [0.2, 0.25) is 0 Å². The lowest BCUT2D eigenvalue weighted by molar-refractivity contribution is -0.139. The molecular weight excluding hydrogens is 272 g/mol. The first kappa shape index (κ1) is 15.2. The Morgan fingerprint density at radius 3 is 2.19 bits per heavy atom.